The van der Waals surface area contributed by atoms with Gasteiger partial charge < -0.3 is 9.21 Å². The Morgan fingerprint density at radius 1 is 1.71 bits per heavy atom. The van der Waals surface area contributed by atoms with Gasteiger partial charge in [0, 0.05) is 10.8 Å². The van der Waals surface area contributed by atoms with Gasteiger partial charge in [-0.15, -0.1) is 0 Å². The number of furan rings is 1. The Morgan fingerprint density at radius 3 is 2.86 bits per heavy atom. The Labute approximate surface area is 80.9 Å². The summed E-state index contributed by atoms with van der Waals surface area (Å²) in [6, 6.07) is 3.30. The van der Waals surface area contributed by atoms with Crippen molar-refractivity contribution in [2.24, 2.45) is 5.92 Å². The normalized spacial score (nSPS) is 14.6. The summed E-state index contributed by atoms with van der Waals surface area (Å²) in [6.07, 6.45) is 2.15. The highest BCUT2D eigenvalue weighted by molar-refractivity contribution is 5.54. The van der Waals surface area contributed by atoms with Gasteiger partial charge in [0.05, 0.1) is 12.2 Å². The maximum Gasteiger partial charge on any atom is 0.214 e. The number of hydrogen-bond acceptors (Lipinski definition) is 4. The maximum absolute atomic E-state index is 10.6. The second-order valence-electron chi connectivity index (χ2n) is 3.13. The third-order valence-electron chi connectivity index (χ3n) is 2.10. The van der Waals surface area contributed by atoms with Crippen LogP contribution in [0.2, 0.25) is 0 Å². The van der Waals surface area contributed by atoms with E-state index in [4.69, 9.17) is 4.42 Å². The van der Waals surface area contributed by atoms with E-state index in [0.29, 0.717) is 12.0 Å². The fourth-order valence-corrected chi connectivity index (χ4v) is 1.27. The van der Waals surface area contributed by atoms with Crippen LogP contribution in [0.4, 0.5) is 0 Å². The molecular formula is C9H11NO4. The minimum atomic E-state index is -0.475. The number of nitro groups is 1. The van der Waals surface area contributed by atoms with Crippen molar-refractivity contribution in [2.75, 3.05) is 6.54 Å². The predicted molar refractivity (Wildman–Crippen MR) is 48.5 cm³/mol. The van der Waals surface area contributed by atoms with Crippen molar-refractivity contribution in [1.29, 1.82) is 0 Å². The summed E-state index contributed by atoms with van der Waals surface area (Å²) in [5.41, 5.74) is 0. The highest BCUT2D eigenvalue weighted by atomic mass is 16.6. The molecule has 0 bridgehead atoms. The van der Waals surface area contributed by atoms with Crippen molar-refractivity contribution in [3.05, 3.63) is 34.3 Å². The summed E-state index contributed by atoms with van der Waals surface area (Å²) >= 11 is 0. The van der Waals surface area contributed by atoms with Gasteiger partial charge in [-0.3, -0.25) is 10.1 Å². The molecule has 1 rings (SSSR count). The van der Waals surface area contributed by atoms with Gasteiger partial charge in [0.25, 0.3) is 0 Å². The first-order chi connectivity index (χ1) is 6.65. The fourth-order valence-electron chi connectivity index (χ4n) is 1.27. The number of aldehydes is 1. The molecule has 0 saturated carbocycles. The molecule has 0 aromatic carbocycles. The van der Waals surface area contributed by atoms with Crippen LogP contribution in [-0.2, 0) is 4.79 Å². The zero-order valence-electron chi connectivity index (χ0n) is 7.75. The van der Waals surface area contributed by atoms with Crippen LogP contribution in [0, 0.1) is 16.0 Å². The van der Waals surface area contributed by atoms with Gasteiger partial charge >= 0.3 is 0 Å². The van der Waals surface area contributed by atoms with Crippen LogP contribution in [0.15, 0.2) is 22.8 Å². The first-order valence-electron chi connectivity index (χ1n) is 4.25. The Balaban J connectivity index is 2.82. The zero-order chi connectivity index (χ0) is 10.6. The van der Waals surface area contributed by atoms with Crippen molar-refractivity contribution in [3.8, 4) is 0 Å². The Kier molecular flexibility index (Phi) is 3.39. The van der Waals surface area contributed by atoms with Gasteiger partial charge in [0.15, 0.2) is 0 Å². The van der Waals surface area contributed by atoms with E-state index in [9.17, 15) is 14.9 Å². The van der Waals surface area contributed by atoms with Crippen molar-refractivity contribution < 1.29 is 14.1 Å². The average Bonchev–Trinajstić information content (AvgIpc) is 2.65. The molecule has 0 aliphatic carbocycles. The first kappa shape index (κ1) is 10.4. The molecule has 2 atom stereocenters. The summed E-state index contributed by atoms with van der Waals surface area (Å²) < 4.78 is 5.06. The molecule has 0 N–H and O–H groups in total. The molecule has 0 amide bonds. The highest BCUT2D eigenvalue weighted by Gasteiger charge is 2.26. The molecule has 0 aliphatic heterocycles. The van der Waals surface area contributed by atoms with E-state index in [2.05, 4.69) is 0 Å². The fraction of sp³-hybridized carbons (Fsp3) is 0.444. The second-order valence-corrected chi connectivity index (χ2v) is 3.13. The lowest BCUT2D eigenvalue weighted by Crippen LogP contribution is -2.19. The molecule has 0 fully saturated rings. The van der Waals surface area contributed by atoms with E-state index in [-0.39, 0.29) is 6.54 Å². The lowest BCUT2D eigenvalue weighted by molar-refractivity contribution is -0.484. The van der Waals surface area contributed by atoms with E-state index < -0.39 is 16.8 Å². The first-order valence-corrected chi connectivity index (χ1v) is 4.25. The molecule has 1 aromatic rings. The largest absolute Gasteiger partial charge is 0.469 e. The van der Waals surface area contributed by atoms with Crippen molar-refractivity contribution in [1.82, 2.24) is 0 Å². The standard InChI is InChI=1S/C9H11NO4/c1-7(6-11)8(5-10(12)13)9-3-2-4-14-9/h2-4,6-8H,5H2,1H3/t7-,8+/m0/s1. The summed E-state index contributed by atoms with van der Waals surface area (Å²) in [5.74, 6) is -0.398. The summed E-state index contributed by atoms with van der Waals surface area (Å²) in [4.78, 5) is 20.5. The van der Waals surface area contributed by atoms with Crippen molar-refractivity contribution in [2.45, 2.75) is 12.8 Å². The van der Waals surface area contributed by atoms with Gasteiger partial charge in [-0.1, -0.05) is 6.92 Å². The minimum Gasteiger partial charge on any atom is -0.469 e. The van der Waals surface area contributed by atoms with Crippen LogP contribution in [0.1, 0.15) is 18.6 Å². The molecule has 0 spiro atoms. The number of rotatable bonds is 5. The number of carbonyl (C=O) groups is 1. The molecule has 1 heterocycles. The topological polar surface area (TPSA) is 73.3 Å². The van der Waals surface area contributed by atoms with Gasteiger partial charge in [-0.25, -0.2) is 0 Å². The van der Waals surface area contributed by atoms with Crippen LogP contribution >= 0.6 is 0 Å². The Bertz CT molecular complexity index is 307. The molecule has 0 radical (unpaired) electrons. The third-order valence-corrected chi connectivity index (χ3v) is 2.10. The van der Waals surface area contributed by atoms with Gasteiger partial charge in [0.2, 0.25) is 6.54 Å². The highest BCUT2D eigenvalue weighted by Crippen LogP contribution is 2.23. The van der Waals surface area contributed by atoms with E-state index >= 15 is 0 Å². The SMILES string of the molecule is C[C@@H](C=O)[C@@H](C[N+](=O)[O-])c1ccco1. The van der Waals surface area contributed by atoms with E-state index in [1.807, 2.05) is 0 Å². The summed E-state index contributed by atoms with van der Waals surface area (Å²) in [7, 11) is 0. The Hall–Kier alpha value is -1.65. The quantitative estimate of drug-likeness (QED) is 0.407. The van der Waals surface area contributed by atoms with E-state index in [1.165, 1.54) is 6.26 Å². The van der Waals surface area contributed by atoms with Crippen LogP contribution in [0.25, 0.3) is 0 Å². The number of carbonyl (C=O) groups excluding carboxylic acids is 1. The van der Waals surface area contributed by atoms with E-state index in [0.717, 1.165) is 0 Å². The van der Waals surface area contributed by atoms with Gasteiger partial charge in [-0.2, -0.15) is 0 Å². The molecule has 76 valence electrons. The lowest BCUT2D eigenvalue weighted by Gasteiger charge is -2.12. The molecule has 0 saturated heterocycles. The molecule has 0 unspecified atom stereocenters. The van der Waals surface area contributed by atoms with Crippen LogP contribution < -0.4 is 0 Å². The van der Waals surface area contributed by atoms with E-state index in [1.54, 1.807) is 19.1 Å². The number of nitrogens with zero attached hydrogens (tertiary/aromatic N) is 1. The van der Waals surface area contributed by atoms with Crippen molar-refractivity contribution >= 4 is 6.29 Å². The molecule has 5 heteroatoms. The second kappa shape index (κ2) is 4.55. The monoisotopic (exact) mass is 197 g/mol. The maximum atomic E-state index is 10.6. The molecule has 0 aliphatic rings. The average molecular weight is 197 g/mol. The molecule has 1 aromatic heterocycles. The predicted octanol–water partition coefficient (Wildman–Crippen LogP) is 1.47. The minimum absolute atomic E-state index is 0.284. The Morgan fingerprint density at radius 2 is 2.43 bits per heavy atom. The summed E-state index contributed by atoms with van der Waals surface area (Å²) in [5, 5.41) is 10.4. The third kappa shape index (κ3) is 2.42. The van der Waals surface area contributed by atoms with Crippen LogP contribution in [-0.4, -0.2) is 17.8 Å². The van der Waals surface area contributed by atoms with Crippen LogP contribution in [0.5, 0.6) is 0 Å². The van der Waals surface area contributed by atoms with Crippen LogP contribution in [0.3, 0.4) is 0 Å². The molecule has 5 nitrogen and oxygen atoms in total. The smallest absolute Gasteiger partial charge is 0.214 e. The number of hydrogen-bond donors (Lipinski definition) is 0. The zero-order valence-corrected chi connectivity index (χ0v) is 7.75. The van der Waals surface area contributed by atoms with Gasteiger partial charge in [0.1, 0.15) is 12.0 Å². The van der Waals surface area contributed by atoms with Gasteiger partial charge in [-0.05, 0) is 12.1 Å². The van der Waals surface area contributed by atoms with Crippen molar-refractivity contribution in [3.63, 3.8) is 0 Å². The lowest BCUT2D eigenvalue weighted by atomic mass is 9.93. The molecule has 14 heavy (non-hydrogen) atoms. The molecular weight excluding hydrogens is 186 g/mol. The summed E-state index contributed by atoms with van der Waals surface area (Å²) in [6.45, 7) is 1.36.